The average Bonchev–Trinajstić information content (AvgIpc) is 2.38. The standard InChI is InChI=1S/C14H15NO2S/c1-9(14(15)17)8-18-13-7-6-12(16)10-4-2-3-5-11(10)13/h2-7,9,16H,8H2,1H3,(H2,15,17). The van der Waals surface area contributed by atoms with E-state index in [1.165, 1.54) is 0 Å². The molecule has 1 unspecified atom stereocenters. The molecule has 94 valence electrons. The second-order valence-corrected chi connectivity index (χ2v) is 5.30. The highest BCUT2D eigenvalue weighted by Gasteiger charge is 2.11. The molecule has 0 aromatic heterocycles. The van der Waals surface area contributed by atoms with Crippen molar-refractivity contribution in [2.45, 2.75) is 11.8 Å². The molecular weight excluding hydrogens is 246 g/mol. The van der Waals surface area contributed by atoms with Crippen LogP contribution in [-0.2, 0) is 4.79 Å². The van der Waals surface area contributed by atoms with Crippen molar-refractivity contribution in [1.82, 2.24) is 0 Å². The van der Waals surface area contributed by atoms with Crippen molar-refractivity contribution in [3.63, 3.8) is 0 Å². The number of hydrogen-bond donors (Lipinski definition) is 2. The molecule has 3 nitrogen and oxygen atoms in total. The number of nitrogens with two attached hydrogens (primary N) is 1. The zero-order valence-corrected chi connectivity index (χ0v) is 10.9. The van der Waals surface area contributed by atoms with Gasteiger partial charge in [-0.2, -0.15) is 0 Å². The van der Waals surface area contributed by atoms with Gasteiger partial charge in [0.2, 0.25) is 5.91 Å². The first-order valence-electron chi connectivity index (χ1n) is 5.72. The highest BCUT2D eigenvalue weighted by atomic mass is 32.2. The minimum Gasteiger partial charge on any atom is -0.507 e. The lowest BCUT2D eigenvalue weighted by Crippen LogP contribution is -2.22. The number of amides is 1. The van der Waals surface area contributed by atoms with Gasteiger partial charge < -0.3 is 10.8 Å². The molecule has 2 aromatic carbocycles. The molecule has 18 heavy (non-hydrogen) atoms. The Morgan fingerprint density at radius 2 is 1.94 bits per heavy atom. The summed E-state index contributed by atoms with van der Waals surface area (Å²) < 4.78 is 0. The van der Waals surface area contributed by atoms with Gasteiger partial charge in [-0.1, -0.05) is 31.2 Å². The zero-order valence-electron chi connectivity index (χ0n) is 10.1. The summed E-state index contributed by atoms with van der Waals surface area (Å²) in [4.78, 5) is 12.1. The molecule has 0 bridgehead atoms. The molecule has 1 amide bonds. The number of phenols is 1. The maximum absolute atomic E-state index is 11.0. The highest BCUT2D eigenvalue weighted by molar-refractivity contribution is 7.99. The van der Waals surface area contributed by atoms with Gasteiger partial charge in [0.1, 0.15) is 5.75 Å². The lowest BCUT2D eigenvalue weighted by molar-refractivity contribution is -0.120. The van der Waals surface area contributed by atoms with E-state index in [0.29, 0.717) is 5.75 Å². The summed E-state index contributed by atoms with van der Waals surface area (Å²) in [5, 5.41) is 11.6. The number of carbonyl (C=O) groups excluding carboxylic acids is 1. The van der Waals surface area contributed by atoms with Crippen LogP contribution in [0.2, 0.25) is 0 Å². The van der Waals surface area contributed by atoms with Gasteiger partial charge in [-0.25, -0.2) is 0 Å². The van der Waals surface area contributed by atoms with Crippen LogP contribution in [0.3, 0.4) is 0 Å². The van der Waals surface area contributed by atoms with Gasteiger partial charge in [0.15, 0.2) is 0 Å². The van der Waals surface area contributed by atoms with Crippen LogP contribution in [0.1, 0.15) is 6.92 Å². The Morgan fingerprint density at radius 1 is 1.28 bits per heavy atom. The SMILES string of the molecule is CC(CSc1ccc(O)c2ccccc12)C(N)=O. The van der Waals surface area contributed by atoms with Crippen molar-refractivity contribution in [2.75, 3.05) is 5.75 Å². The Kier molecular flexibility index (Phi) is 3.77. The van der Waals surface area contributed by atoms with Crippen LogP contribution >= 0.6 is 11.8 Å². The number of rotatable bonds is 4. The monoisotopic (exact) mass is 261 g/mol. The number of primary amides is 1. The second kappa shape index (κ2) is 5.31. The summed E-state index contributed by atoms with van der Waals surface area (Å²) in [6.07, 6.45) is 0. The molecule has 0 saturated carbocycles. The van der Waals surface area contributed by atoms with Crippen LogP contribution in [0.25, 0.3) is 10.8 Å². The van der Waals surface area contributed by atoms with Crippen LogP contribution in [-0.4, -0.2) is 16.8 Å². The summed E-state index contributed by atoms with van der Waals surface area (Å²) in [6.45, 7) is 1.82. The smallest absolute Gasteiger partial charge is 0.221 e. The van der Waals surface area contributed by atoms with E-state index in [-0.39, 0.29) is 17.6 Å². The van der Waals surface area contributed by atoms with E-state index in [1.807, 2.05) is 37.3 Å². The first-order chi connectivity index (χ1) is 8.59. The van der Waals surface area contributed by atoms with Gasteiger partial charge in [-0.3, -0.25) is 4.79 Å². The maximum atomic E-state index is 11.0. The summed E-state index contributed by atoms with van der Waals surface area (Å²) >= 11 is 1.58. The third kappa shape index (κ3) is 2.59. The van der Waals surface area contributed by atoms with E-state index in [0.717, 1.165) is 15.7 Å². The molecule has 0 aliphatic carbocycles. The zero-order chi connectivity index (χ0) is 13.1. The Labute approximate surface area is 110 Å². The van der Waals surface area contributed by atoms with E-state index < -0.39 is 0 Å². The number of aromatic hydroxyl groups is 1. The summed E-state index contributed by atoms with van der Waals surface area (Å²) in [6, 6.07) is 11.2. The van der Waals surface area contributed by atoms with Gasteiger partial charge in [-0.15, -0.1) is 11.8 Å². The van der Waals surface area contributed by atoms with Crippen LogP contribution < -0.4 is 5.73 Å². The number of phenolic OH excluding ortho intramolecular Hbond substituents is 1. The van der Waals surface area contributed by atoms with Crippen molar-refractivity contribution in [1.29, 1.82) is 0 Å². The normalized spacial score (nSPS) is 12.5. The molecule has 0 aliphatic rings. The highest BCUT2D eigenvalue weighted by Crippen LogP contribution is 2.33. The van der Waals surface area contributed by atoms with Gasteiger partial charge in [0, 0.05) is 22.0 Å². The lowest BCUT2D eigenvalue weighted by atomic mass is 10.1. The first kappa shape index (κ1) is 12.8. The molecule has 0 fully saturated rings. The van der Waals surface area contributed by atoms with Crippen molar-refractivity contribution < 1.29 is 9.90 Å². The molecular formula is C14H15NO2S. The molecule has 0 aliphatic heterocycles. The van der Waals surface area contributed by atoms with Gasteiger partial charge in [0.25, 0.3) is 0 Å². The van der Waals surface area contributed by atoms with E-state index in [1.54, 1.807) is 17.8 Å². The molecule has 3 N–H and O–H groups in total. The Balaban J connectivity index is 2.29. The number of fused-ring (bicyclic) bond motifs is 1. The molecule has 0 radical (unpaired) electrons. The molecule has 4 heteroatoms. The number of benzene rings is 2. The quantitative estimate of drug-likeness (QED) is 0.832. The maximum Gasteiger partial charge on any atom is 0.221 e. The summed E-state index contributed by atoms with van der Waals surface area (Å²) in [5.74, 6) is 0.468. The predicted molar refractivity (Wildman–Crippen MR) is 74.7 cm³/mol. The number of carbonyl (C=O) groups is 1. The van der Waals surface area contributed by atoms with E-state index in [2.05, 4.69) is 0 Å². The fraction of sp³-hybridized carbons (Fsp3) is 0.214. The molecule has 0 saturated heterocycles. The van der Waals surface area contributed by atoms with Gasteiger partial charge in [-0.05, 0) is 17.5 Å². The van der Waals surface area contributed by atoms with Crippen molar-refractivity contribution in [3.8, 4) is 5.75 Å². The average molecular weight is 261 g/mol. The van der Waals surface area contributed by atoms with E-state index in [4.69, 9.17) is 5.73 Å². The van der Waals surface area contributed by atoms with Crippen LogP contribution in [0, 0.1) is 5.92 Å². The van der Waals surface area contributed by atoms with Gasteiger partial charge in [0.05, 0.1) is 0 Å². The molecule has 2 rings (SSSR count). The Hall–Kier alpha value is -1.68. The lowest BCUT2D eigenvalue weighted by Gasteiger charge is -2.10. The minimum absolute atomic E-state index is 0.164. The number of hydrogen-bond acceptors (Lipinski definition) is 3. The van der Waals surface area contributed by atoms with E-state index >= 15 is 0 Å². The third-order valence-electron chi connectivity index (χ3n) is 2.84. The third-order valence-corrected chi connectivity index (χ3v) is 4.17. The molecule has 1 atom stereocenters. The fourth-order valence-corrected chi connectivity index (χ4v) is 2.77. The Bertz CT molecular complexity index is 583. The predicted octanol–water partition coefficient (Wildman–Crippen LogP) is 2.76. The van der Waals surface area contributed by atoms with Gasteiger partial charge >= 0.3 is 0 Å². The Morgan fingerprint density at radius 3 is 2.61 bits per heavy atom. The molecule has 2 aromatic rings. The summed E-state index contributed by atoms with van der Waals surface area (Å²) in [7, 11) is 0. The van der Waals surface area contributed by atoms with Crippen LogP contribution in [0.5, 0.6) is 5.75 Å². The van der Waals surface area contributed by atoms with E-state index in [9.17, 15) is 9.90 Å². The minimum atomic E-state index is -0.286. The second-order valence-electron chi connectivity index (χ2n) is 4.24. The molecule has 0 spiro atoms. The van der Waals surface area contributed by atoms with Crippen molar-refractivity contribution in [3.05, 3.63) is 36.4 Å². The van der Waals surface area contributed by atoms with Crippen molar-refractivity contribution in [2.24, 2.45) is 11.7 Å². The first-order valence-corrected chi connectivity index (χ1v) is 6.71. The number of thioether (sulfide) groups is 1. The van der Waals surface area contributed by atoms with Crippen molar-refractivity contribution >= 4 is 28.4 Å². The molecule has 0 heterocycles. The summed E-state index contributed by atoms with van der Waals surface area (Å²) in [5.41, 5.74) is 5.24. The topological polar surface area (TPSA) is 63.3 Å². The van der Waals surface area contributed by atoms with Crippen LogP contribution in [0.4, 0.5) is 0 Å². The van der Waals surface area contributed by atoms with Crippen LogP contribution in [0.15, 0.2) is 41.3 Å². The fourth-order valence-electron chi connectivity index (χ4n) is 1.68. The largest absolute Gasteiger partial charge is 0.507 e.